The molecule has 0 aliphatic rings. The van der Waals surface area contributed by atoms with Gasteiger partial charge in [0.25, 0.3) is 0 Å². The molecule has 1 N–H and O–H groups in total. The summed E-state index contributed by atoms with van der Waals surface area (Å²) in [4.78, 5) is 23.3. The Labute approximate surface area is 152 Å². The topological polar surface area (TPSA) is 80.7 Å². The fraction of sp³-hybridized carbons (Fsp3) is 0.400. The summed E-state index contributed by atoms with van der Waals surface area (Å²) in [5, 5.41) is 13.9. The molecule has 0 saturated carbocycles. The van der Waals surface area contributed by atoms with Crippen molar-refractivity contribution in [3.8, 4) is 0 Å². The summed E-state index contributed by atoms with van der Waals surface area (Å²) in [6.45, 7) is 8.02. The number of anilines is 1. The number of carbonyl (C=O) groups is 1. The molecule has 6 nitrogen and oxygen atoms in total. The van der Waals surface area contributed by atoms with Crippen molar-refractivity contribution < 1.29 is 4.79 Å². The van der Waals surface area contributed by atoms with Crippen LogP contribution in [0, 0.1) is 13.8 Å². The third-order valence-electron chi connectivity index (χ3n) is 3.59. The van der Waals surface area contributed by atoms with Crippen molar-refractivity contribution in [3.05, 3.63) is 21.8 Å². The van der Waals surface area contributed by atoms with E-state index in [0.29, 0.717) is 5.13 Å². The van der Waals surface area contributed by atoms with Crippen LogP contribution < -0.4 is 5.32 Å². The second-order valence-corrected chi connectivity index (χ2v) is 8.84. The highest BCUT2D eigenvalue weighted by Gasteiger charge is 2.20. The Morgan fingerprint density at radius 2 is 2.08 bits per heavy atom. The molecule has 0 saturated heterocycles. The number of rotatable bonds is 5. The van der Waals surface area contributed by atoms with E-state index in [2.05, 4.69) is 39.3 Å². The van der Waals surface area contributed by atoms with Gasteiger partial charge in [-0.3, -0.25) is 10.1 Å². The van der Waals surface area contributed by atoms with Gasteiger partial charge in [-0.15, -0.1) is 21.5 Å². The first kappa shape index (κ1) is 17.2. The van der Waals surface area contributed by atoms with E-state index in [9.17, 15) is 4.79 Å². The molecule has 3 heterocycles. The van der Waals surface area contributed by atoms with Crippen molar-refractivity contribution >= 4 is 55.7 Å². The number of amides is 1. The van der Waals surface area contributed by atoms with Gasteiger partial charge >= 0.3 is 0 Å². The molecule has 0 radical (unpaired) electrons. The number of fused-ring (bicyclic) bond motifs is 1. The Kier molecular flexibility index (Phi) is 5.12. The van der Waals surface area contributed by atoms with Gasteiger partial charge in [0.05, 0.1) is 5.25 Å². The number of carbonyl (C=O) groups excluding carboxylic acids is 1. The third kappa shape index (κ3) is 3.42. The molecule has 0 aliphatic heterocycles. The lowest BCUT2D eigenvalue weighted by atomic mass is 10.2. The van der Waals surface area contributed by atoms with Crippen LogP contribution in [-0.2, 0) is 11.2 Å². The quantitative estimate of drug-likeness (QED) is 0.536. The Bertz CT molecular complexity index is 888. The first-order valence-electron chi connectivity index (χ1n) is 7.50. The van der Waals surface area contributed by atoms with Crippen LogP contribution in [0.5, 0.6) is 0 Å². The molecule has 1 atom stereocenters. The number of nitrogens with zero attached hydrogens (tertiary/aromatic N) is 4. The van der Waals surface area contributed by atoms with E-state index in [-0.39, 0.29) is 11.2 Å². The average molecular weight is 380 g/mol. The zero-order chi connectivity index (χ0) is 17.3. The van der Waals surface area contributed by atoms with Crippen LogP contribution in [0.3, 0.4) is 0 Å². The number of thioether (sulfide) groups is 1. The highest BCUT2D eigenvalue weighted by Crippen LogP contribution is 2.36. The van der Waals surface area contributed by atoms with Gasteiger partial charge in [-0.2, -0.15) is 0 Å². The van der Waals surface area contributed by atoms with Gasteiger partial charge in [0, 0.05) is 10.3 Å². The minimum Gasteiger partial charge on any atom is -0.300 e. The zero-order valence-corrected chi connectivity index (χ0v) is 16.2. The van der Waals surface area contributed by atoms with E-state index >= 15 is 0 Å². The normalized spacial score (nSPS) is 12.5. The first-order valence-corrected chi connectivity index (χ1v) is 10.0. The predicted octanol–water partition coefficient (Wildman–Crippen LogP) is 3.84. The largest absolute Gasteiger partial charge is 0.300 e. The number of aryl methyl sites for hydroxylation is 3. The molecule has 0 fully saturated rings. The molecule has 1 unspecified atom stereocenters. The Morgan fingerprint density at radius 1 is 1.29 bits per heavy atom. The fourth-order valence-electron chi connectivity index (χ4n) is 2.11. The second-order valence-electron chi connectivity index (χ2n) is 5.25. The number of hydrogen-bond acceptors (Lipinski definition) is 8. The molecule has 3 rings (SSSR count). The minimum absolute atomic E-state index is 0.102. The first-order chi connectivity index (χ1) is 11.5. The molecular weight excluding hydrogens is 362 g/mol. The summed E-state index contributed by atoms with van der Waals surface area (Å²) in [7, 11) is 0. The van der Waals surface area contributed by atoms with E-state index < -0.39 is 0 Å². The van der Waals surface area contributed by atoms with E-state index in [0.717, 1.165) is 26.7 Å². The van der Waals surface area contributed by atoms with Crippen LogP contribution in [-0.4, -0.2) is 31.3 Å². The molecule has 0 bridgehead atoms. The van der Waals surface area contributed by atoms with Crippen LogP contribution in [0.25, 0.3) is 10.2 Å². The number of aromatic nitrogens is 4. The van der Waals surface area contributed by atoms with Crippen molar-refractivity contribution in [3.63, 3.8) is 0 Å². The smallest absolute Gasteiger partial charge is 0.239 e. The van der Waals surface area contributed by atoms with Gasteiger partial charge in [0.2, 0.25) is 11.0 Å². The maximum atomic E-state index is 12.4. The maximum Gasteiger partial charge on any atom is 0.239 e. The third-order valence-corrected chi connectivity index (χ3v) is 6.79. The molecule has 9 heteroatoms. The van der Waals surface area contributed by atoms with Gasteiger partial charge in [0.1, 0.15) is 21.2 Å². The summed E-state index contributed by atoms with van der Waals surface area (Å²) >= 11 is 4.50. The summed E-state index contributed by atoms with van der Waals surface area (Å²) in [5.74, 6) is -0.102. The van der Waals surface area contributed by atoms with Crippen molar-refractivity contribution in [2.24, 2.45) is 0 Å². The molecule has 0 aliphatic carbocycles. The molecular formula is C15H17N5OS3. The second kappa shape index (κ2) is 7.12. The Balaban J connectivity index is 1.76. The standard InChI is InChI=1S/C15H17N5OS3/c1-5-10-19-20-15(24-10)18-12(21)9(4)23-14-11-7(2)8(3)22-13(11)16-6-17-14/h6,9H,5H2,1-4H3,(H,18,20,21). The van der Waals surface area contributed by atoms with Gasteiger partial charge in [-0.1, -0.05) is 30.0 Å². The summed E-state index contributed by atoms with van der Waals surface area (Å²) < 4.78 is 0. The monoisotopic (exact) mass is 379 g/mol. The van der Waals surface area contributed by atoms with Crippen LogP contribution in [0.2, 0.25) is 0 Å². The highest BCUT2D eigenvalue weighted by molar-refractivity contribution is 8.00. The van der Waals surface area contributed by atoms with E-state index in [1.165, 1.54) is 33.5 Å². The van der Waals surface area contributed by atoms with E-state index in [1.54, 1.807) is 17.7 Å². The van der Waals surface area contributed by atoms with Crippen molar-refractivity contribution in [1.82, 2.24) is 20.2 Å². The summed E-state index contributed by atoms with van der Waals surface area (Å²) in [5.41, 5.74) is 1.18. The van der Waals surface area contributed by atoms with Crippen molar-refractivity contribution in [2.45, 2.75) is 44.4 Å². The lowest BCUT2D eigenvalue weighted by Crippen LogP contribution is -2.22. The number of hydrogen-bond donors (Lipinski definition) is 1. The van der Waals surface area contributed by atoms with Crippen LogP contribution in [0.4, 0.5) is 5.13 Å². The molecule has 0 spiro atoms. The highest BCUT2D eigenvalue weighted by atomic mass is 32.2. The molecule has 1 amide bonds. The van der Waals surface area contributed by atoms with Crippen LogP contribution >= 0.6 is 34.4 Å². The fourth-order valence-corrected chi connectivity index (χ4v) is 4.83. The van der Waals surface area contributed by atoms with E-state index in [4.69, 9.17) is 0 Å². The molecule has 3 aromatic rings. The summed E-state index contributed by atoms with van der Waals surface area (Å²) in [6, 6.07) is 0. The van der Waals surface area contributed by atoms with Crippen LogP contribution in [0.15, 0.2) is 11.4 Å². The lowest BCUT2D eigenvalue weighted by molar-refractivity contribution is -0.115. The SMILES string of the molecule is CCc1nnc(NC(=O)C(C)Sc2ncnc3sc(C)c(C)c23)s1. The number of thiophene rings is 1. The van der Waals surface area contributed by atoms with Gasteiger partial charge in [-0.05, 0) is 32.8 Å². The lowest BCUT2D eigenvalue weighted by Gasteiger charge is -2.10. The average Bonchev–Trinajstić information content (AvgIpc) is 3.13. The van der Waals surface area contributed by atoms with Crippen molar-refractivity contribution in [1.29, 1.82) is 0 Å². The molecule has 0 aromatic carbocycles. The van der Waals surface area contributed by atoms with E-state index in [1.807, 2.05) is 13.8 Å². The van der Waals surface area contributed by atoms with Gasteiger partial charge in [0.15, 0.2) is 0 Å². The molecule has 24 heavy (non-hydrogen) atoms. The molecule has 126 valence electrons. The minimum atomic E-state index is -0.295. The Hall–Kier alpha value is -1.58. The van der Waals surface area contributed by atoms with Gasteiger partial charge in [-0.25, -0.2) is 9.97 Å². The summed E-state index contributed by atoms with van der Waals surface area (Å²) in [6.07, 6.45) is 2.37. The Morgan fingerprint density at radius 3 is 2.79 bits per heavy atom. The maximum absolute atomic E-state index is 12.4. The predicted molar refractivity (Wildman–Crippen MR) is 100 cm³/mol. The zero-order valence-electron chi connectivity index (χ0n) is 13.8. The molecule has 3 aromatic heterocycles. The van der Waals surface area contributed by atoms with Crippen LogP contribution in [0.1, 0.15) is 29.3 Å². The van der Waals surface area contributed by atoms with Crippen molar-refractivity contribution in [2.75, 3.05) is 5.32 Å². The number of nitrogens with one attached hydrogen (secondary N) is 1. The van der Waals surface area contributed by atoms with Gasteiger partial charge < -0.3 is 0 Å².